The molecule has 0 amide bonds. The molecule has 0 aromatic heterocycles. The average Bonchev–Trinajstić information content (AvgIpc) is 2.02. The van der Waals surface area contributed by atoms with Crippen molar-refractivity contribution >= 4 is 0 Å². The van der Waals surface area contributed by atoms with Crippen LogP contribution in [0.1, 0.15) is 27.2 Å². The summed E-state index contributed by atoms with van der Waals surface area (Å²) in [6, 6.07) is 0. The highest BCUT2D eigenvalue weighted by molar-refractivity contribution is 4.53. The summed E-state index contributed by atoms with van der Waals surface area (Å²) < 4.78 is 10.6. The highest BCUT2D eigenvalue weighted by Crippen LogP contribution is 2.06. The number of aliphatic hydroxyl groups excluding tert-OH is 1. The molecule has 0 radical (unpaired) electrons. The molecule has 0 saturated carbocycles. The van der Waals surface area contributed by atoms with Gasteiger partial charge in [-0.1, -0.05) is 13.8 Å². The van der Waals surface area contributed by atoms with Gasteiger partial charge in [0.1, 0.15) is 0 Å². The zero-order valence-electron chi connectivity index (χ0n) is 8.95. The van der Waals surface area contributed by atoms with Gasteiger partial charge in [0.05, 0.1) is 32.5 Å². The molecular weight excluding hydrogens is 168 g/mol. The van der Waals surface area contributed by atoms with Crippen molar-refractivity contribution in [2.45, 2.75) is 33.3 Å². The molecule has 3 nitrogen and oxygen atoms in total. The predicted octanol–water partition coefficient (Wildman–Crippen LogP) is 1.45. The van der Waals surface area contributed by atoms with Crippen LogP contribution in [0.2, 0.25) is 0 Å². The first kappa shape index (κ1) is 12.9. The Morgan fingerprint density at radius 2 is 1.77 bits per heavy atom. The van der Waals surface area contributed by atoms with Gasteiger partial charge in [0.15, 0.2) is 0 Å². The van der Waals surface area contributed by atoms with E-state index >= 15 is 0 Å². The van der Waals surface area contributed by atoms with Crippen molar-refractivity contribution in [1.82, 2.24) is 0 Å². The summed E-state index contributed by atoms with van der Waals surface area (Å²) in [6.07, 6.45) is 1.39. The molecule has 0 aliphatic heterocycles. The van der Waals surface area contributed by atoms with Crippen LogP contribution < -0.4 is 0 Å². The fourth-order valence-electron chi connectivity index (χ4n) is 1.21. The molecule has 0 spiro atoms. The van der Waals surface area contributed by atoms with E-state index < -0.39 is 0 Å². The van der Waals surface area contributed by atoms with Gasteiger partial charge < -0.3 is 14.6 Å². The predicted molar refractivity (Wildman–Crippen MR) is 52.8 cm³/mol. The third-order valence-corrected chi connectivity index (χ3v) is 1.67. The first-order chi connectivity index (χ1) is 6.16. The zero-order chi connectivity index (χ0) is 10.1. The van der Waals surface area contributed by atoms with Gasteiger partial charge in [-0.3, -0.25) is 0 Å². The Labute approximate surface area is 81.0 Å². The minimum absolute atomic E-state index is 0.0849. The SMILES string of the molecule is CC(C)CC(C)OCCOCCO. The molecule has 0 rings (SSSR count). The lowest BCUT2D eigenvalue weighted by Gasteiger charge is -2.14. The smallest absolute Gasteiger partial charge is 0.0704 e. The van der Waals surface area contributed by atoms with Crippen LogP contribution in [0.4, 0.5) is 0 Å². The number of hydrogen-bond acceptors (Lipinski definition) is 3. The molecule has 1 unspecified atom stereocenters. The van der Waals surface area contributed by atoms with E-state index in [1.54, 1.807) is 0 Å². The molecule has 13 heavy (non-hydrogen) atoms. The molecule has 80 valence electrons. The van der Waals surface area contributed by atoms with Crippen molar-refractivity contribution in [2.24, 2.45) is 5.92 Å². The van der Waals surface area contributed by atoms with Gasteiger partial charge in [-0.15, -0.1) is 0 Å². The maximum Gasteiger partial charge on any atom is 0.0704 e. The van der Waals surface area contributed by atoms with Gasteiger partial charge in [0.25, 0.3) is 0 Å². The summed E-state index contributed by atoms with van der Waals surface area (Å²) in [5, 5.41) is 8.43. The van der Waals surface area contributed by atoms with E-state index in [0.29, 0.717) is 31.8 Å². The highest BCUT2D eigenvalue weighted by atomic mass is 16.5. The average molecular weight is 190 g/mol. The monoisotopic (exact) mass is 190 g/mol. The summed E-state index contributed by atoms with van der Waals surface area (Å²) in [5.74, 6) is 0.674. The van der Waals surface area contributed by atoms with E-state index in [9.17, 15) is 0 Å². The van der Waals surface area contributed by atoms with E-state index in [-0.39, 0.29) is 6.61 Å². The second-order valence-electron chi connectivity index (χ2n) is 3.65. The second kappa shape index (κ2) is 8.48. The van der Waals surface area contributed by atoms with Gasteiger partial charge in [-0.05, 0) is 19.3 Å². The summed E-state index contributed by atoms with van der Waals surface area (Å²) >= 11 is 0. The van der Waals surface area contributed by atoms with Gasteiger partial charge in [-0.25, -0.2) is 0 Å². The summed E-state index contributed by atoms with van der Waals surface area (Å²) in [4.78, 5) is 0. The second-order valence-corrected chi connectivity index (χ2v) is 3.65. The Balaban J connectivity index is 3.12. The lowest BCUT2D eigenvalue weighted by atomic mass is 10.1. The van der Waals surface area contributed by atoms with Crippen molar-refractivity contribution in [3.63, 3.8) is 0 Å². The number of ether oxygens (including phenoxy) is 2. The van der Waals surface area contributed by atoms with Gasteiger partial charge in [0, 0.05) is 0 Å². The standard InChI is InChI=1S/C10H22O3/c1-9(2)8-10(3)13-7-6-12-5-4-11/h9-11H,4-8H2,1-3H3. The number of hydrogen-bond donors (Lipinski definition) is 1. The molecule has 0 aliphatic carbocycles. The molecule has 0 bridgehead atoms. The Morgan fingerprint density at radius 3 is 2.31 bits per heavy atom. The maximum absolute atomic E-state index is 8.43. The molecule has 0 aromatic rings. The number of rotatable bonds is 8. The third kappa shape index (κ3) is 9.80. The maximum atomic E-state index is 8.43. The van der Waals surface area contributed by atoms with E-state index in [1.807, 2.05) is 0 Å². The van der Waals surface area contributed by atoms with Crippen LogP contribution in [-0.2, 0) is 9.47 Å². The van der Waals surface area contributed by atoms with Crippen molar-refractivity contribution in [2.75, 3.05) is 26.4 Å². The topological polar surface area (TPSA) is 38.7 Å². The molecular formula is C10H22O3. The molecule has 0 saturated heterocycles. The van der Waals surface area contributed by atoms with E-state index in [4.69, 9.17) is 14.6 Å². The molecule has 0 heterocycles. The van der Waals surface area contributed by atoms with Crippen molar-refractivity contribution in [1.29, 1.82) is 0 Å². The highest BCUT2D eigenvalue weighted by Gasteiger charge is 2.04. The van der Waals surface area contributed by atoms with Gasteiger partial charge in [-0.2, -0.15) is 0 Å². The Morgan fingerprint density at radius 1 is 1.08 bits per heavy atom. The quantitative estimate of drug-likeness (QED) is 0.589. The fraction of sp³-hybridized carbons (Fsp3) is 1.00. The molecule has 1 N–H and O–H groups in total. The molecule has 3 heteroatoms. The lowest BCUT2D eigenvalue weighted by molar-refractivity contribution is -0.00229. The van der Waals surface area contributed by atoms with Crippen LogP contribution in [-0.4, -0.2) is 37.6 Å². The molecule has 0 aliphatic rings. The molecule has 0 aromatic carbocycles. The van der Waals surface area contributed by atoms with Crippen LogP contribution in [0, 0.1) is 5.92 Å². The Hall–Kier alpha value is -0.120. The van der Waals surface area contributed by atoms with Gasteiger partial charge in [0.2, 0.25) is 0 Å². The third-order valence-electron chi connectivity index (χ3n) is 1.67. The summed E-state index contributed by atoms with van der Waals surface area (Å²) in [5.41, 5.74) is 0. The molecule has 0 fully saturated rings. The number of aliphatic hydroxyl groups is 1. The van der Waals surface area contributed by atoms with Crippen LogP contribution in [0.25, 0.3) is 0 Å². The van der Waals surface area contributed by atoms with Crippen molar-refractivity contribution in [3.05, 3.63) is 0 Å². The van der Waals surface area contributed by atoms with E-state index in [2.05, 4.69) is 20.8 Å². The van der Waals surface area contributed by atoms with Crippen LogP contribution >= 0.6 is 0 Å². The Bertz CT molecular complexity index is 104. The molecule has 1 atom stereocenters. The van der Waals surface area contributed by atoms with Crippen LogP contribution in [0.3, 0.4) is 0 Å². The minimum Gasteiger partial charge on any atom is -0.394 e. The van der Waals surface area contributed by atoms with E-state index in [0.717, 1.165) is 6.42 Å². The summed E-state index contributed by atoms with van der Waals surface area (Å²) in [6.45, 7) is 8.12. The largest absolute Gasteiger partial charge is 0.394 e. The normalized spacial score (nSPS) is 13.6. The fourth-order valence-corrected chi connectivity index (χ4v) is 1.21. The van der Waals surface area contributed by atoms with Crippen LogP contribution in [0.5, 0.6) is 0 Å². The van der Waals surface area contributed by atoms with Gasteiger partial charge >= 0.3 is 0 Å². The Kier molecular flexibility index (Phi) is 8.40. The minimum atomic E-state index is 0.0849. The van der Waals surface area contributed by atoms with Crippen molar-refractivity contribution in [3.8, 4) is 0 Å². The van der Waals surface area contributed by atoms with Crippen LogP contribution in [0.15, 0.2) is 0 Å². The lowest BCUT2D eigenvalue weighted by Crippen LogP contribution is -2.15. The van der Waals surface area contributed by atoms with Crippen molar-refractivity contribution < 1.29 is 14.6 Å². The first-order valence-electron chi connectivity index (χ1n) is 4.97. The first-order valence-corrected chi connectivity index (χ1v) is 4.97. The van der Waals surface area contributed by atoms with E-state index in [1.165, 1.54) is 0 Å². The summed E-state index contributed by atoms with van der Waals surface area (Å²) in [7, 11) is 0. The zero-order valence-corrected chi connectivity index (χ0v) is 8.95.